The van der Waals surface area contributed by atoms with Gasteiger partial charge in [0.15, 0.2) is 0 Å². The average Bonchev–Trinajstić information content (AvgIpc) is 3.23. The molecular weight excluding hydrogens is 308 g/mol. The van der Waals surface area contributed by atoms with Crippen molar-refractivity contribution in [1.29, 1.82) is 0 Å². The predicted octanol–water partition coefficient (Wildman–Crippen LogP) is 1.82. The zero-order valence-corrected chi connectivity index (χ0v) is 13.6. The van der Waals surface area contributed by atoms with Crippen LogP contribution in [0.1, 0.15) is 25.7 Å². The summed E-state index contributed by atoms with van der Waals surface area (Å²) in [5.74, 6) is 0.0297. The van der Waals surface area contributed by atoms with E-state index in [1.807, 2.05) is 12.1 Å². The lowest BCUT2D eigenvalue weighted by atomic mass is 9.99. The summed E-state index contributed by atoms with van der Waals surface area (Å²) in [5, 5.41) is 3.09. The monoisotopic (exact) mass is 330 g/mol. The zero-order chi connectivity index (χ0) is 16.5. The molecule has 3 heterocycles. The van der Waals surface area contributed by atoms with Crippen LogP contribution in [0.2, 0.25) is 0 Å². The molecule has 2 saturated heterocycles. The van der Waals surface area contributed by atoms with Crippen LogP contribution in [0.5, 0.6) is 0 Å². The molecule has 0 unspecified atom stereocenters. The topological polar surface area (TPSA) is 90.2 Å². The lowest BCUT2D eigenvalue weighted by Gasteiger charge is -2.25. The number of hydrogen-bond donors (Lipinski definition) is 3. The smallest absolute Gasteiger partial charge is 0.323 e. The number of imidazole rings is 1. The fraction of sp³-hybridized carbons (Fsp3) is 0.529. The van der Waals surface area contributed by atoms with E-state index in [1.165, 1.54) is 0 Å². The Labute approximate surface area is 139 Å². The van der Waals surface area contributed by atoms with Gasteiger partial charge in [0.25, 0.3) is 0 Å². The molecule has 2 fully saturated rings. The molecule has 0 radical (unpaired) electrons. The minimum atomic E-state index is -0.231. The van der Waals surface area contributed by atoms with E-state index in [1.54, 1.807) is 0 Å². The van der Waals surface area contributed by atoms with E-state index in [-0.39, 0.29) is 17.5 Å². The first kappa shape index (κ1) is 15.3. The molecule has 0 saturated carbocycles. The van der Waals surface area contributed by atoms with Crippen LogP contribution in [0.3, 0.4) is 0 Å². The molecule has 1 aromatic carbocycles. The Balaban J connectivity index is 1.67. The molecule has 7 heteroatoms. The molecule has 2 aliphatic rings. The molecule has 2 aliphatic heterocycles. The second kappa shape index (κ2) is 6.32. The van der Waals surface area contributed by atoms with Crippen molar-refractivity contribution in [2.45, 2.75) is 25.7 Å². The Morgan fingerprint density at radius 3 is 2.50 bits per heavy atom. The fourth-order valence-corrected chi connectivity index (χ4v) is 3.59. The number of H-pyrrole nitrogens is 2. The van der Waals surface area contributed by atoms with Crippen LogP contribution in [0.4, 0.5) is 11.4 Å². The second-order valence-electron chi connectivity index (χ2n) is 6.56. The summed E-state index contributed by atoms with van der Waals surface area (Å²) >= 11 is 0. The summed E-state index contributed by atoms with van der Waals surface area (Å²) in [7, 11) is 0. The molecule has 0 spiro atoms. The predicted molar refractivity (Wildman–Crippen MR) is 92.5 cm³/mol. The Morgan fingerprint density at radius 2 is 1.79 bits per heavy atom. The van der Waals surface area contributed by atoms with Crippen LogP contribution in [0.15, 0.2) is 16.9 Å². The van der Waals surface area contributed by atoms with Crippen LogP contribution in [0, 0.1) is 5.92 Å². The summed E-state index contributed by atoms with van der Waals surface area (Å²) in [6.07, 6.45) is 3.81. The first-order valence-electron chi connectivity index (χ1n) is 8.60. The van der Waals surface area contributed by atoms with Gasteiger partial charge in [-0.15, -0.1) is 0 Å². The van der Waals surface area contributed by atoms with Crippen molar-refractivity contribution in [2.24, 2.45) is 5.92 Å². The fourth-order valence-electron chi connectivity index (χ4n) is 3.59. The number of aromatic amines is 2. The summed E-state index contributed by atoms with van der Waals surface area (Å²) in [6, 6.07) is 3.82. The van der Waals surface area contributed by atoms with E-state index >= 15 is 0 Å². The highest BCUT2D eigenvalue weighted by Gasteiger charge is 2.24. The number of anilines is 2. The maximum Gasteiger partial charge on any atom is 0.323 e. The molecule has 0 atom stereocenters. The number of rotatable bonds is 3. The van der Waals surface area contributed by atoms with Gasteiger partial charge in [-0.1, -0.05) is 0 Å². The van der Waals surface area contributed by atoms with Gasteiger partial charge in [0, 0.05) is 32.2 Å². The molecule has 0 bridgehead atoms. The summed E-state index contributed by atoms with van der Waals surface area (Å²) in [5.41, 5.74) is 3.01. The molecule has 0 aliphatic carbocycles. The van der Waals surface area contributed by atoms with E-state index in [9.17, 15) is 9.59 Å². The lowest BCUT2D eigenvalue weighted by molar-refractivity contribution is -0.122. The van der Waals surface area contributed by atoms with Crippen molar-refractivity contribution in [3.8, 4) is 0 Å². The van der Waals surface area contributed by atoms with Gasteiger partial charge in [0.2, 0.25) is 5.91 Å². The quantitative estimate of drug-likeness (QED) is 0.801. The third-order valence-electron chi connectivity index (χ3n) is 4.93. The minimum absolute atomic E-state index is 0.00820. The van der Waals surface area contributed by atoms with E-state index < -0.39 is 0 Å². The first-order valence-corrected chi connectivity index (χ1v) is 8.60. The lowest BCUT2D eigenvalue weighted by Crippen LogP contribution is -2.29. The van der Waals surface area contributed by atoms with Crippen LogP contribution < -0.4 is 15.9 Å². The standard InChI is InChI=1S/C17H22N4O3/c22-16(11-3-7-24-8-4-11)18-14-9-12-13(20-17(23)19-12)10-15(14)21-5-1-2-6-21/h9-11H,1-8H2,(H,18,22)(H2,19,20,23). The molecule has 4 rings (SSSR count). The van der Waals surface area contributed by atoms with Gasteiger partial charge in [-0.05, 0) is 37.8 Å². The largest absolute Gasteiger partial charge is 0.381 e. The van der Waals surface area contributed by atoms with Gasteiger partial charge in [-0.3, -0.25) is 4.79 Å². The molecule has 1 aromatic heterocycles. The average molecular weight is 330 g/mol. The number of aromatic nitrogens is 2. The Kier molecular flexibility index (Phi) is 4.02. The molecule has 1 amide bonds. The zero-order valence-electron chi connectivity index (χ0n) is 13.6. The van der Waals surface area contributed by atoms with Crippen molar-refractivity contribution in [3.05, 3.63) is 22.6 Å². The highest BCUT2D eigenvalue weighted by molar-refractivity contribution is 5.99. The Hall–Kier alpha value is -2.28. The van der Waals surface area contributed by atoms with E-state index in [4.69, 9.17) is 4.74 Å². The number of fused-ring (bicyclic) bond motifs is 1. The first-order chi connectivity index (χ1) is 11.7. The van der Waals surface area contributed by atoms with Crippen molar-refractivity contribution in [3.63, 3.8) is 0 Å². The highest BCUT2D eigenvalue weighted by atomic mass is 16.5. The van der Waals surface area contributed by atoms with Crippen molar-refractivity contribution in [2.75, 3.05) is 36.5 Å². The maximum atomic E-state index is 12.6. The number of ether oxygens (including phenoxy) is 1. The van der Waals surface area contributed by atoms with Crippen molar-refractivity contribution >= 4 is 28.3 Å². The van der Waals surface area contributed by atoms with Gasteiger partial charge in [-0.25, -0.2) is 4.79 Å². The summed E-state index contributed by atoms with van der Waals surface area (Å²) < 4.78 is 5.33. The molecule has 2 aromatic rings. The van der Waals surface area contributed by atoms with Crippen LogP contribution in [0.25, 0.3) is 11.0 Å². The van der Waals surface area contributed by atoms with E-state index in [0.717, 1.165) is 55.7 Å². The van der Waals surface area contributed by atoms with E-state index in [0.29, 0.717) is 18.7 Å². The van der Waals surface area contributed by atoms with Gasteiger partial charge < -0.3 is 24.9 Å². The normalized spacial score (nSPS) is 19.1. The molecule has 7 nitrogen and oxygen atoms in total. The number of nitrogens with zero attached hydrogens (tertiary/aromatic N) is 1. The number of amides is 1. The number of carbonyl (C=O) groups excluding carboxylic acids is 1. The summed E-state index contributed by atoms with van der Waals surface area (Å²) in [4.78, 5) is 32.0. The van der Waals surface area contributed by atoms with Crippen LogP contribution >= 0.6 is 0 Å². The minimum Gasteiger partial charge on any atom is -0.381 e. The third-order valence-corrected chi connectivity index (χ3v) is 4.93. The third kappa shape index (κ3) is 2.91. The summed E-state index contributed by atoms with van der Waals surface area (Å²) in [6.45, 7) is 3.23. The SMILES string of the molecule is O=C(Nc1cc2[nH]c(=O)[nH]c2cc1N1CCCC1)C1CCOCC1. The molecular formula is C17H22N4O3. The second-order valence-corrected chi connectivity index (χ2v) is 6.56. The van der Waals surface area contributed by atoms with Gasteiger partial charge in [0.05, 0.1) is 22.4 Å². The Morgan fingerprint density at radius 1 is 1.12 bits per heavy atom. The molecule has 3 N–H and O–H groups in total. The number of benzene rings is 1. The van der Waals surface area contributed by atoms with E-state index in [2.05, 4.69) is 20.2 Å². The number of nitrogens with one attached hydrogen (secondary N) is 3. The highest BCUT2D eigenvalue weighted by Crippen LogP contribution is 2.33. The van der Waals surface area contributed by atoms with Crippen molar-refractivity contribution in [1.82, 2.24) is 9.97 Å². The van der Waals surface area contributed by atoms with Gasteiger partial charge in [0.1, 0.15) is 0 Å². The molecule has 24 heavy (non-hydrogen) atoms. The van der Waals surface area contributed by atoms with Gasteiger partial charge in [-0.2, -0.15) is 0 Å². The van der Waals surface area contributed by atoms with Crippen molar-refractivity contribution < 1.29 is 9.53 Å². The van der Waals surface area contributed by atoms with Crippen LogP contribution in [-0.4, -0.2) is 42.2 Å². The number of carbonyl (C=O) groups is 1. The Bertz CT molecular complexity index is 798. The van der Waals surface area contributed by atoms with Gasteiger partial charge >= 0.3 is 5.69 Å². The molecule has 128 valence electrons. The van der Waals surface area contributed by atoms with Crippen LogP contribution in [-0.2, 0) is 9.53 Å². The maximum absolute atomic E-state index is 12.6. The number of hydrogen-bond acceptors (Lipinski definition) is 4.